The Morgan fingerprint density at radius 1 is 0.929 bits per heavy atom. The number of benzene rings is 3. The van der Waals surface area contributed by atoms with E-state index in [-0.39, 0.29) is 12.3 Å². The number of methoxy groups -OCH3 is 1. The summed E-state index contributed by atoms with van der Waals surface area (Å²) >= 11 is 6.02. The van der Waals surface area contributed by atoms with E-state index >= 15 is 0 Å². The number of ether oxygens (including phenoxy) is 2. The second-order valence-corrected chi connectivity index (χ2v) is 6.42. The first-order valence-corrected chi connectivity index (χ1v) is 9.22. The zero-order valence-electron chi connectivity index (χ0n) is 15.4. The fourth-order valence-corrected chi connectivity index (χ4v) is 2.79. The highest BCUT2D eigenvalue weighted by atomic mass is 35.5. The van der Waals surface area contributed by atoms with Crippen molar-refractivity contribution in [3.8, 4) is 17.2 Å². The second-order valence-electron chi connectivity index (χ2n) is 5.98. The molecule has 0 bridgehead atoms. The Labute approximate surface area is 169 Å². The quantitative estimate of drug-likeness (QED) is 0.521. The lowest BCUT2D eigenvalue weighted by atomic mass is 10.2. The summed E-state index contributed by atoms with van der Waals surface area (Å²) in [6.07, 6.45) is 0.273. The van der Waals surface area contributed by atoms with Crippen LogP contribution in [-0.4, -0.2) is 19.6 Å². The van der Waals surface area contributed by atoms with Gasteiger partial charge in [-0.05, 0) is 42.5 Å². The molecule has 144 valence electrons. The summed E-state index contributed by atoms with van der Waals surface area (Å²) < 4.78 is 11.2. The molecule has 0 heterocycles. The largest absolute Gasteiger partial charge is 0.495 e. The van der Waals surface area contributed by atoms with Crippen molar-refractivity contribution in [1.29, 1.82) is 0 Å². The first-order chi connectivity index (χ1) is 13.7. The first kappa shape index (κ1) is 19.6. The monoisotopic (exact) mass is 396 g/mol. The van der Waals surface area contributed by atoms with Gasteiger partial charge in [0.05, 0.1) is 18.5 Å². The molecular weight excluding hydrogens is 376 g/mol. The number of halogens is 1. The van der Waals surface area contributed by atoms with Gasteiger partial charge in [-0.3, -0.25) is 4.79 Å². The molecule has 0 unspecified atom stereocenters. The highest BCUT2D eigenvalue weighted by Crippen LogP contribution is 2.30. The van der Waals surface area contributed by atoms with Gasteiger partial charge < -0.3 is 20.1 Å². The minimum absolute atomic E-state index is 0.127. The van der Waals surface area contributed by atoms with E-state index in [1.807, 2.05) is 54.6 Å². The summed E-state index contributed by atoms with van der Waals surface area (Å²) in [4.78, 5) is 12.4. The van der Waals surface area contributed by atoms with E-state index in [2.05, 4.69) is 10.6 Å². The molecule has 0 aliphatic heterocycles. The van der Waals surface area contributed by atoms with Crippen LogP contribution in [0.2, 0.25) is 5.02 Å². The van der Waals surface area contributed by atoms with Crippen LogP contribution < -0.4 is 20.1 Å². The normalized spacial score (nSPS) is 10.2. The Morgan fingerprint density at radius 3 is 2.46 bits per heavy atom. The van der Waals surface area contributed by atoms with Crippen molar-refractivity contribution in [2.75, 3.05) is 24.3 Å². The van der Waals surface area contributed by atoms with E-state index < -0.39 is 0 Å². The molecule has 0 spiro atoms. The molecule has 0 saturated carbocycles. The number of carbonyl (C=O) groups excluding carboxylic acids is 1. The molecule has 2 N–H and O–H groups in total. The molecule has 28 heavy (non-hydrogen) atoms. The van der Waals surface area contributed by atoms with Crippen molar-refractivity contribution in [2.45, 2.75) is 6.42 Å². The van der Waals surface area contributed by atoms with Crippen LogP contribution in [0.15, 0.2) is 72.8 Å². The zero-order chi connectivity index (χ0) is 19.8. The average molecular weight is 397 g/mol. The molecule has 0 atom stereocenters. The fourth-order valence-electron chi connectivity index (χ4n) is 2.62. The third-order valence-electron chi connectivity index (χ3n) is 3.96. The molecule has 5 nitrogen and oxygen atoms in total. The van der Waals surface area contributed by atoms with Crippen LogP contribution in [-0.2, 0) is 4.79 Å². The maximum atomic E-state index is 12.4. The van der Waals surface area contributed by atoms with Gasteiger partial charge >= 0.3 is 0 Å². The van der Waals surface area contributed by atoms with Gasteiger partial charge in [-0.2, -0.15) is 0 Å². The maximum absolute atomic E-state index is 12.4. The topological polar surface area (TPSA) is 59.6 Å². The Hall–Kier alpha value is -3.18. The summed E-state index contributed by atoms with van der Waals surface area (Å²) in [7, 11) is 1.59. The lowest BCUT2D eigenvalue weighted by Crippen LogP contribution is -2.16. The minimum Gasteiger partial charge on any atom is -0.495 e. The van der Waals surface area contributed by atoms with Crippen molar-refractivity contribution in [1.82, 2.24) is 0 Å². The predicted molar refractivity (Wildman–Crippen MR) is 113 cm³/mol. The summed E-state index contributed by atoms with van der Waals surface area (Å²) in [6.45, 7) is 0.435. The van der Waals surface area contributed by atoms with Gasteiger partial charge in [0.1, 0.15) is 11.5 Å². The van der Waals surface area contributed by atoms with Crippen LogP contribution in [0, 0.1) is 0 Å². The first-order valence-electron chi connectivity index (χ1n) is 8.85. The molecule has 1 amide bonds. The molecule has 3 aromatic rings. The van der Waals surface area contributed by atoms with Gasteiger partial charge in [-0.1, -0.05) is 41.9 Å². The molecule has 0 aliphatic rings. The SMILES string of the molecule is COc1ccc(Cl)cc1NCCC(=O)Nc1ccccc1Oc1ccccc1. The lowest BCUT2D eigenvalue weighted by molar-refractivity contribution is -0.116. The van der Waals surface area contributed by atoms with Crippen molar-refractivity contribution in [2.24, 2.45) is 0 Å². The van der Waals surface area contributed by atoms with E-state index in [4.69, 9.17) is 21.1 Å². The number of nitrogens with one attached hydrogen (secondary N) is 2. The number of amides is 1. The Kier molecular flexibility index (Phi) is 6.76. The summed E-state index contributed by atoms with van der Waals surface area (Å²) in [6, 6.07) is 22.1. The van der Waals surface area contributed by atoms with Gasteiger partial charge in [-0.25, -0.2) is 0 Å². The number of hydrogen-bond donors (Lipinski definition) is 2. The van der Waals surface area contributed by atoms with E-state index in [1.54, 1.807) is 25.3 Å². The molecule has 0 radical (unpaired) electrons. The van der Waals surface area contributed by atoms with Gasteiger partial charge in [0.15, 0.2) is 5.75 Å². The second kappa shape index (κ2) is 9.67. The summed E-state index contributed by atoms with van der Waals surface area (Å²) in [5.41, 5.74) is 1.37. The molecule has 0 aliphatic carbocycles. The molecule has 0 aromatic heterocycles. The van der Waals surface area contributed by atoms with Crippen LogP contribution in [0.4, 0.5) is 11.4 Å². The van der Waals surface area contributed by atoms with Gasteiger partial charge in [0.2, 0.25) is 5.91 Å². The van der Waals surface area contributed by atoms with Crippen LogP contribution in [0.1, 0.15) is 6.42 Å². The van der Waals surface area contributed by atoms with E-state index in [9.17, 15) is 4.79 Å². The average Bonchev–Trinajstić information content (AvgIpc) is 2.70. The van der Waals surface area contributed by atoms with Crippen LogP contribution >= 0.6 is 11.6 Å². The Bertz CT molecular complexity index is 932. The van der Waals surface area contributed by atoms with Crippen molar-refractivity contribution >= 4 is 28.9 Å². The third-order valence-corrected chi connectivity index (χ3v) is 4.20. The highest BCUT2D eigenvalue weighted by molar-refractivity contribution is 6.30. The van der Waals surface area contributed by atoms with Crippen molar-refractivity contribution in [3.63, 3.8) is 0 Å². The van der Waals surface area contributed by atoms with Crippen LogP contribution in [0.3, 0.4) is 0 Å². The maximum Gasteiger partial charge on any atom is 0.226 e. The molecule has 3 aromatic carbocycles. The number of rotatable bonds is 8. The minimum atomic E-state index is -0.127. The van der Waals surface area contributed by atoms with Crippen LogP contribution in [0.25, 0.3) is 0 Å². The van der Waals surface area contributed by atoms with E-state index in [0.717, 1.165) is 5.69 Å². The molecule has 3 rings (SSSR count). The highest BCUT2D eigenvalue weighted by Gasteiger charge is 2.09. The molecule has 0 fully saturated rings. The summed E-state index contributed by atoms with van der Waals surface area (Å²) in [5, 5.41) is 6.67. The smallest absolute Gasteiger partial charge is 0.226 e. The number of hydrogen-bond acceptors (Lipinski definition) is 4. The Morgan fingerprint density at radius 2 is 1.68 bits per heavy atom. The number of anilines is 2. The Balaban J connectivity index is 1.58. The lowest BCUT2D eigenvalue weighted by Gasteiger charge is -2.13. The third kappa shape index (κ3) is 5.41. The van der Waals surface area contributed by atoms with Crippen molar-refractivity contribution < 1.29 is 14.3 Å². The van der Waals surface area contributed by atoms with Gasteiger partial charge in [0, 0.05) is 18.0 Å². The van der Waals surface area contributed by atoms with Crippen molar-refractivity contribution in [3.05, 3.63) is 77.8 Å². The molecule has 0 saturated heterocycles. The summed E-state index contributed by atoms with van der Waals surface area (Å²) in [5.74, 6) is 1.84. The van der Waals surface area contributed by atoms with Crippen LogP contribution in [0.5, 0.6) is 17.2 Å². The van der Waals surface area contributed by atoms with Gasteiger partial charge in [0.25, 0.3) is 0 Å². The van der Waals surface area contributed by atoms with Gasteiger partial charge in [-0.15, -0.1) is 0 Å². The number of carbonyl (C=O) groups is 1. The number of para-hydroxylation sites is 3. The standard InChI is InChI=1S/C22H21ClN2O3/c1-27-20-12-11-16(23)15-19(20)24-14-13-22(26)25-18-9-5-6-10-21(18)28-17-7-3-2-4-8-17/h2-12,15,24H,13-14H2,1H3,(H,25,26). The molecular formula is C22H21ClN2O3. The zero-order valence-corrected chi connectivity index (χ0v) is 16.2. The molecule has 6 heteroatoms. The fraction of sp³-hybridized carbons (Fsp3) is 0.136. The predicted octanol–water partition coefficient (Wildman–Crippen LogP) is 5.58. The van der Waals surface area contributed by atoms with E-state index in [0.29, 0.717) is 34.5 Å². The van der Waals surface area contributed by atoms with E-state index in [1.165, 1.54) is 0 Å².